The molecule has 0 saturated carbocycles. The van der Waals surface area contributed by atoms with Crippen LogP contribution in [0.5, 0.6) is 5.75 Å². The number of fused-ring (bicyclic) bond motifs is 3. The molecule has 1 aromatic heterocycles. The van der Waals surface area contributed by atoms with Crippen LogP contribution in [0.2, 0.25) is 0 Å². The average molecular weight is 258 g/mol. The summed E-state index contributed by atoms with van der Waals surface area (Å²) >= 11 is 0. The smallest absolute Gasteiger partial charge is 0.339 e. The Morgan fingerprint density at radius 3 is 2.89 bits per heavy atom. The Morgan fingerprint density at radius 2 is 2.11 bits per heavy atom. The molecule has 98 valence electrons. The molecule has 0 fully saturated rings. The van der Waals surface area contributed by atoms with Gasteiger partial charge in [-0.15, -0.1) is 0 Å². The lowest BCUT2D eigenvalue weighted by atomic mass is 10.1. The third-order valence-electron chi connectivity index (χ3n) is 3.39. The van der Waals surface area contributed by atoms with Crippen LogP contribution in [-0.2, 0) is 17.6 Å². The van der Waals surface area contributed by atoms with E-state index < -0.39 is 0 Å². The first kappa shape index (κ1) is 12.0. The molecule has 0 bridgehead atoms. The molecule has 0 aliphatic heterocycles. The van der Waals surface area contributed by atoms with Crippen LogP contribution in [-0.4, -0.2) is 12.4 Å². The van der Waals surface area contributed by atoms with Crippen LogP contribution in [0.25, 0.3) is 11.0 Å². The highest BCUT2D eigenvalue weighted by Crippen LogP contribution is 2.29. The lowest BCUT2D eigenvalue weighted by molar-refractivity contribution is -0.118. The Morgan fingerprint density at radius 1 is 1.32 bits per heavy atom. The van der Waals surface area contributed by atoms with Crippen molar-refractivity contribution in [1.29, 1.82) is 0 Å². The van der Waals surface area contributed by atoms with Gasteiger partial charge in [0.25, 0.3) is 0 Å². The second-order valence-electron chi connectivity index (χ2n) is 4.85. The summed E-state index contributed by atoms with van der Waals surface area (Å²) in [7, 11) is 0. The molecule has 19 heavy (non-hydrogen) atoms. The highest BCUT2D eigenvalue weighted by atomic mass is 16.5. The summed E-state index contributed by atoms with van der Waals surface area (Å²) in [6, 6.07) is 5.39. The second-order valence-corrected chi connectivity index (χ2v) is 4.85. The number of Topliss-reactive ketones (excluding diaryl/α,β-unsaturated/α-hetero) is 1. The quantitative estimate of drug-likeness (QED) is 0.792. The van der Waals surface area contributed by atoms with Crippen molar-refractivity contribution in [2.75, 3.05) is 6.61 Å². The van der Waals surface area contributed by atoms with Crippen LogP contribution in [0.15, 0.2) is 27.4 Å². The number of ketones is 1. The summed E-state index contributed by atoms with van der Waals surface area (Å²) in [6.45, 7) is 1.49. The summed E-state index contributed by atoms with van der Waals surface area (Å²) in [5.74, 6) is 0.499. The van der Waals surface area contributed by atoms with Crippen LogP contribution in [0.3, 0.4) is 0 Å². The van der Waals surface area contributed by atoms with E-state index in [1.807, 2.05) is 12.1 Å². The van der Waals surface area contributed by atoms with Gasteiger partial charge in [-0.2, -0.15) is 0 Å². The SMILES string of the molecule is CC(=O)COc1ccc2c3c(c(=O)oc2c1)CCC3. The number of carbonyl (C=O) groups excluding carboxylic acids is 1. The summed E-state index contributed by atoms with van der Waals surface area (Å²) in [6.07, 6.45) is 2.73. The summed E-state index contributed by atoms with van der Waals surface area (Å²) < 4.78 is 10.7. The zero-order chi connectivity index (χ0) is 13.4. The van der Waals surface area contributed by atoms with E-state index in [0.717, 1.165) is 35.8 Å². The van der Waals surface area contributed by atoms with Crippen LogP contribution >= 0.6 is 0 Å². The zero-order valence-electron chi connectivity index (χ0n) is 10.7. The van der Waals surface area contributed by atoms with E-state index in [1.165, 1.54) is 6.92 Å². The topological polar surface area (TPSA) is 56.5 Å². The van der Waals surface area contributed by atoms with Crippen LogP contribution in [0.1, 0.15) is 24.5 Å². The first-order valence-corrected chi connectivity index (χ1v) is 6.36. The van der Waals surface area contributed by atoms with Crippen LogP contribution in [0, 0.1) is 0 Å². The van der Waals surface area contributed by atoms with Gasteiger partial charge in [0.1, 0.15) is 17.9 Å². The first-order chi connectivity index (χ1) is 9.15. The molecule has 0 amide bonds. The maximum absolute atomic E-state index is 11.8. The number of rotatable bonds is 3. The lowest BCUT2D eigenvalue weighted by Crippen LogP contribution is -2.08. The highest BCUT2D eigenvalue weighted by Gasteiger charge is 2.19. The molecule has 1 heterocycles. The fourth-order valence-corrected chi connectivity index (χ4v) is 2.54. The van der Waals surface area contributed by atoms with Crippen molar-refractivity contribution < 1.29 is 13.9 Å². The number of ether oxygens (including phenoxy) is 1. The number of hydrogen-bond acceptors (Lipinski definition) is 4. The maximum atomic E-state index is 11.8. The molecule has 1 aromatic carbocycles. The molecule has 0 N–H and O–H groups in total. The minimum Gasteiger partial charge on any atom is -0.486 e. The van der Waals surface area contributed by atoms with Gasteiger partial charge in [-0.3, -0.25) is 4.79 Å². The highest BCUT2D eigenvalue weighted by molar-refractivity contribution is 5.83. The van der Waals surface area contributed by atoms with Crippen molar-refractivity contribution in [2.24, 2.45) is 0 Å². The van der Waals surface area contributed by atoms with E-state index in [4.69, 9.17) is 9.15 Å². The van der Waals surface area contributed by atoms with E-state index in [-0.39, 0.29) is 18.0 Å². The fourth-order valence-electron chi connectivity index (χ4n) is 2.54. The molecule has 4 heteroatoms. The van der Waals surface area contributed by atoms with Crippen molar-refractivity contribution in [3.8, 4) is 5.75 Å². The Labute approximate surface area is 110 Å². The standard InChI is InChI=1S/C15H14O4/c1-9(16)8-18-10-5-6-12-11-3-2-4-13(11)15(17)19-14(12)7-10/h5-7H,2-4,8H2,1H3. The fraction of sp³-hybridized carbons (Fsp3) is 0.333. The number of carbonyl (C=O) groups is 1. The summed E-state index contributed by atoms with van der Waals surface area (Å²) in [5.41, 5.74) is 2.20. The van der Waals surface area contributed by atoms with Gasteiger partial charge < -0.3 is 9.15 Å². The van der Waals surface area contributed by atoms with Gasteiger partial charge >= 0.3 is 5.63 Å². The third kappa shape index (κ3) is 2.14. The van der Waals surface area contributed by atoms with Gasteiger partial charge in [-0.1, -0.05) is 0 Å². The Kier molecular flexibility index (Phi) is 2.85. The Balaban J connectivity index is 2.07. The van der Waals surface area contributed by atoms with E-state index in [1.54, 1.807) is 6.07 Å². The van der Waals surface area contributed by atoms with Gasteiger partial charge in [-0.25, -0.2) is 4.79 Å². The van der Waals surface area contributed by atoms with Gasteiger partial charge in [0.2, 0.25) is 0 Å². The monoisotopic (exact) mass is 258 g/mol. The number of benzene rings is 1. The molecule has 3 rings (SSSR count). The molecule has 1 aliphatic carbocycles. The van der Waals surface area contributed by atoms with Crippen LogP contribution in [0.4, 0.5) is 0 Å². The molecule has 4 nitrogen and oxygen atoms in total. The predicted molar refractivity (Wildman–Crippen MR) is 70.7 cm³/mol. The molecule has 0 saturated heterocycles. The molecule has 2 aromatic rings. The van der Waals surface area contributed by atoms with Crippen molar-refractivity contribution in [2.45, 2.75) is 26.2 Å². The Bertz CT molecular complexity index is 712. The van der Waals surface area contributed by atoms with Gasteiger partial charge in [0, 0.05) is 17.0 Å². The van der Waals surface area contributed by atoms with Gasteiger partial charge in [0.05, 0.1) is 0 Å². The largest absolute Gasteiger partial charge is 0.486 e. The molecule has 1 aliphatic rings. The Hall–Kier alpha value is -2.10. The zero-order valence-corrected chi connectivity index (χ0v) is 10.7. The van der Waals surface area contributed by atoms with E-state index in [2.05, 4.69) is 0 Å². The maximum Gasteiger partial charge on any atom is 0.339 e. The number of aryl methyl sites for hydroxylation is 1. The molecular weight excluding hydrogens is 244 g/mol. The normalized spacial score (nSPS) is 13.5. The van der Waals surface area contributed by atoms with Crippen molar-refractivity contribution in [1.82, 2.24) is 0 Å². The minimum atomic E-state index is -0.247. The van der Waals surface area contributed by atoms with Crippen molar-refractivity contribution in [3.63, 3.8) is 0 Å². The van der Waals surface area contributed by atoms with Crippen molar-refractivity contribution >= 4 is 16.8 Å². The molecular formula is C15H14O4. The number of hydrogen-bond donors (Lipinski definition) is 0. The molecule has 0 spiro atoms. The van der Waals surface area contributed by atoms with Gasteiger partial charge in [-0.05, 0) is 43.9 Å². The van der Waals surface area contributed by atoms with E-state index in [9.17, 15) is 9.59 Å². The summed E-state index contributed by atoms with van der Waals surface area (Å²) in [4.78, 5) is 22.7. The lowest BCUT2D eigenvalue weighted by Gasteiger charge is -2.07. The van der Waals surface area contributed by atoms with Crippen molar-refractivity contribution in [3.05, 3.63) is 39.7 Å². The summed E-state index contributed by atoms with van der Waals surface area (Å²) in [5, 5.41) is 0.974. The van der Waals surface area contributed by atoms with E-state index in [0.29, 0.717) is 11.3 Å². The molecule has 0 radical (unpaired) electrons. The first-order valence-electron chi connectivity index (χ1n) is 6.36. The van der Waals surface area contributed by atoms with Gasteiger partial charge in [0.15, 0.2) is 5.78 Å². The predicted octanol–water partition coefficient (Wildman–Crippen LogP) is 2.25. The second kappa shape index (κ2) is 4.53. The molecule has 0 atom stereocenters. The molecule has 0 unspecified atom stereocenters. The third-order valence-corrected chi connectivity index (χ3v) is 3.39. The average Bonchev–Trinajstić information content (AvgIpc) is 2.86. The minimum absolute atomic E-state index is 0.0285. The van der Waals surface area contributed by atoms with Crippen LogP contribution < -0.4 is 10.4 Å². The van der Waals surface area contributed by atoms with E-state index >= 15 is 0 Å².